The van der Waals surface area contributed by atoms with Crippen LogP contribution < -0.4 is 21.7 Å². The molecule has 0 atom stereocenters. The minimum atomic E-state index is -0.711. The fraction of sp³-hybridized carbons (Fsp3) is 0.429. The predicted molar refractivity (Wildman–Crippen MR) is 120 cm³/mol. The number of aromatic nitrogens is 2. The lowest BCUT2D eigenvalue weighted by atomic mass is 9.93. The van der Waals surface area contributed by atoms with Gasteiger partial charge in [0.2, 0.25) is 0 Å². The van der Waals surface area contributed by atoms with E-state index >= 15 is 0 Å². The van der Waals surface area contributed by atoms with E-state index < -0.39 is 5.91 Å². The van der Waals surface area contributed by atoms with Gasteiger partial charge in [-0.05, 0) is 50.3 Å². The number of aryl methyl sites for hydroxylation is 1. The molecule has 6 N–H and O–H groups in total. The van der Waals surface area contributed by atoms with Crippen molar-refractivity contribution in [1.29, 1.82) is 0 Å². The summed E-state index contributed by atoms with van der Waals surface area (Å²) in [5.41, 5.74) is 6.99. The number of nitrogens with zero attached hydrogens (tertiary/aromatic N) is 2. The zero-order chi connectivity index (χ0) is 22.5. The molecule has 1 aromatic carbocycles. The van der Waals surface area contributed by atoms with Crippen molar-refractivity contribution in [2.75, 3.05) is 17.7 Å². The Bertz CT molecular complexity index is 976. The van der Waals surface area contributed by atoms with E-state index in [1.54, 1.807) is 18.2 Å². The number of benzene rings is 1. The molecular weight excluding hydrogens is 420 g/mol. The van der Waals surface area contributed by atoms with Crippen LogP contribution >= 0.6 is 11.6 Å². The molecule has 0 unspecified atom stereocenters. The van der Waals surface area contributed by atoms with Crippen LogP contribution in [0.15, 0.2) is 18.2 Å². The van der Waals surface area contributed by atoms with Crippen LogP contribution in [0.3, 0.4) is 0 Å². The Kier molecular flexibility index (Phi) is 7.29. The molecule has 0 spiro atoms. The molecule has 10 heteroatoms. The Balaban J connectivity index is 1.95. The first-order valence-electron chi connectivity index (χ1n) is 10.3. The number of nitrogens with one attached hydrogen (secondary N) is 3. The number of halogens is 1. The van der Waals surface area contributed by atoms with E-state index in [2.05, 4.69) is 25.9 Å². The third-order valence-corrected chi connectivity index (χ3v) is 5.60. The number of aliphatic hydroxyl groups excluding tert-OH is 1. The van der Waals surface area contributed by atoms with Gasteiger partial charge in [0.15, 0.2) is 11.5 Å². The van der Waals surface area contributed by atoms with Crippen LogP contribution in [0.4, 0.5) is 17.3 Å². The van der Waals surface area contributed by atoms with Crippen molar-refractivity contribution in [3.8, 4) is 0 Å². The van der Waals surface area contributed by atoms with Gasteiger partial charge in [0.05, 0.1) is 22.4 Å². The van der Waals surface area contributed by atoms with Crippen LogP contribution in [0.1, 0.15) is 59.1 Å². The quantitative estimate of drug-likeness (QED) is 0.440. The molecule has 1 aliphatic rings. The molecule has 9 nitrogen and oxygen atoms in total. The van der Waals surface area contributed by atoms with Gasteiger partial charge in [0.1, 0.15) is 5.82 Å². The fourth-order valence-corrected chi connectivity index (χ4v) is 3.76. The molecule has 31 heavy (non-hydrogen) atoms. The van der Waals surface area contributed by atoms with Gasteiger partial charge < -0.3 is 26.8 Å². The monoisotopic (exact) mass is 446 g/mol. The summed E-state index contributed by atoms with van der Waals surface area (Å²) in [7, 11) is 1.51. The summed E-state index contributed by atoms with van der Waals surface area (Å²) in [6.45, 7) is 1.92. The average Bonchev–Trinajstić information content (AvgIpc) is 2.76. The molecule has 0 saturated heterocycles. The van der Waals surface area contributed by atoms with Crippen LogP contribution in [-0.2, 0) is 6.42 Å². The van der Waals surface area contributed by atoms with Crippen LogP contribution in [-0.4, -0.2) is 46.1 Å². The molecule has 2 amide bonds. The molecule has 1 saturated carbocycles. The highest BCUT2D eigenvalue weighted by Gasteiger charge is 2.23. The first-order valence-corrected chi connectivity index (χ1v) is 10.6. The van der Waals surface area contributed by atoms with Gasteiger partial charge >= 0.3 is 0 Å². The molecule has 0 radical (unpaired) electrons. The summed E-state index contributed by atoms with van der Waals surface area (Å²) < 4.78 is 0. The zero-order valence-electron chi connectivity index (χ0n) is 17.5. The Labute approximate surface area is 185 Å². The summed E-state index contributed by atoms with van der Waals surface area (Å²) >= 11 is 6.12. The second-order valence-electron chi connectivity index (χ2n) is 7.48. The number of amides is 2. The molecule has 2 aromatic rings. The van der Waals surface area contributed by atoms with Gasteiger partial charge in [0, 0.05) is 18.8 Å². The minimum Gasteiger partial charge on any atom is -0.393 e. The number of anilines is 3. The van der Waals surface area contributed by atoms with Gasteiger partial charge in [-0.3, -0.25) is 9.59 Å². The summed E-state index contributed by atoms with van der Waals surface area (Å²) in [6.07, 6.45) is 3.39. The first kappa shape index (κ1) is 22.8. The van der Waals surface area contributed by atoms with Crippen molar-refractivity contribution in [1.82, 2.24) is 15.3 Å². The van der Waals surface area contributed by atoms with E-state index in [9.17, 15) is 14.7 Å². The lowest BCUT2D eigenvalue weighted by Crippen LogP contribution is -2.29. The largest absolute Gasteiger partial charge is 0.393 e. The number of rotatable bonds is 7. The third-order valence-electron chi connectivity index (χ3n) is 5.27. The van der Waals surface area contributed by atoms with Gasteiger partial charge in [-0.25, -0.2) is 9.97 Å². The van der Waals surface area contributed by atoms with E-state index in [-0.39, 0.29) is 35.1 Å². The third kappa shape index (κ3) is 5.42. The number of carbonyl (C=O) groups is 2. The summed E-state index contributed by atoms with van der Waals surface area (Å²) in [4.78, 5) is 33.1. The second-order valence-corrected chi connectivity index (χ2v) is 7.89. The SMILES string of the molecule is CCc1nc(C(N)=O)c(Nc2ccc(Cl)c(C(=O)NC)c2)nc1N[C@H]1CC[C@H](O)CC1. The Morgan fingerprint density at radius 2 is 1.90 bits per heavy atom. The maximum Gasteiger partial charge on any atom is 0.271 e. The van der Waals surface area contributed by atoms with Crippen molar-refractivity contribution >= 4 is 40.7 Å². The molecule has 1 heterocycles. The lowest BCUT2D eigenvalue weighted by Gasteiger charge is -2.27. The highest BCUT2D eigenvalue weighted by molar-refractivity contribution is 6.34. The number of aliphatic hydroxyl groups is 1. The van der Waals surface area contributed by atoms with Gasteiger partial charge in [0.25, 0.3) is 11.8 Å². The molecule has 3 rings (SSSR count). The first-order chi connectivity index (χ1) is 14.8. The van der Waals surface area contributed by atoms with Crippen molar-refractivity contribution in [3.05, 3.63) is 40.2 Å². The van der Waals surface area contributed by atoms with Gasteiger partial charge in [-0.1, -0.05) is 18.5 Å². The zero-order valence-corrected chi connectivity index (χ0v) is 18.3. The summed E-state index contributed by atoms with van der Waals surface area (Å²) in [6, 6.07) is 4.98. The normalized spacial score (nSPS) is 18.3. The number of primary amides is 1. The maximum atomic E-state index is 12.0. The predicted octanol–water partition coefficient (Wildman–Crippen LogP) is 2.61. The van der Waals surface area contributed by atoms with Crippen molar-refractivity contribution < 1.29 is 14.7 Å². The van der Waals surface area contributed by atoms with Gasteiger partial charge in [-0.15, -0.1) is 0 Å². The molecule has 1 aliphatic carbocycles. The Morgan fingerprint density at radius 3 is 2.52 bits per heavy atom. The van der Waals surface area contributed by atoms with E-state index in [1.807, 2.05) is 6.92 Å². The van der Waals surface area contributed by atoms with Crippen LogP contribution in [0.5, 0.6) is 0 Å². The number of carbonyl (C=O) groups excluding carboxylic acids is 2. The van der Waals surface area contributed by atoms with Crippen molar-refractivity contribution in [2.24, 2.45) is 5.73 Å². The molecule has 166 valence electrons. The van der Waals surface area contributed by atoms with Crippen LogP contribution in [0.25, 0.3) is 0 Å². The van der Waals surface area contributed by atoms with E-state index in [1.165, 1.54) is 7.05 Å². The molecule has 0 bridgehead atoms. The van der Waals surface area contributed by atoms with Crippen LogP contribution in [0, 0.1) is 0 Å². The fourth-order valence-electron chi connectivity index (χ4n) is 3.55. The van der Waals surface area contributed by atoms with E-state index in [0.29, 0.717) is 28.6 Å². The number of hydrogen-bond acceptors (Lipinski definition) is 7. The molecule has 1 fully saturated rings. The highest BCUT2D eigenvalue weighted by atomic mass is 35.5. The molecule has 1 aromatic heterocycles. The lowest BCUT2D eigenvalue weighted by molar-refractivity contribution is 0.0961. The smallest absolute Gasteiger partial charge is 0.271 e. The standard InChI is InChI=1S/C21H27ClN6O3/c1-3-16-19(25-11-4-7-13(29)8-5-11)28-20(17(27-16)18(23)30)26-12-6-9-15(22)14(10-12)21(31)24-2/h6,9-11,13,29H,3-5,7-8H2,1-2H3,(H2,23,30)(H,24,31)(H2,25,26,28)/t11-,13-. The average molecular weight is 447 g/mol. The topological polar surface area (TPSA) is 142 Å². The van der Waals surface area contributed by atoms with Gasteiger partial charge in [-0.2, -0.15) is 0 Å². The Hall–Kier alpha value is -2.91. The summed E-state index contributed by atoms with van der Waals surface area (Å²) in [5, 5.41) is 19.0. The van der Waals surface area contributed by atoms with E-state index in [4.69, 9.17) is 17.3 Å². The Morgan fingerprint density at radius 1 is 1.19 bits per heavy atom. The van der Waals surface area contributed by atoms with Crippen molar-refractivity contribution in [2.45, 2.75) is 51.2 Å². The minimum absolute atomic E-state index is 0.0120. The highest BCUT2D eigenvalue weighted by Crippen LogP contribution is 2.28. The second kappa shape index (κ2) is 9.93. The number of hydrogen-bond donors (Lipinski definition) is 5. The van der Waals surface area contributed by atoms with Crippen LogP contribution in [0.2, 0.25) is 5.02 Å². The number of nitrogens with two attached hydrogens (primary N) is 1. The molecular formula is C21H27ClN6O3. The van der Waals surface area contributed by atoms with E-state index in [0.717, 1.165) is 25.7 Å². The molecule has 0 aliphatic heterocycles. The van der Waals surface area contributed by atoms with Crippen molar-refractivity contribution in [3.63, 3.8) is 0 Å². The maximum absolute atomic E-state index is 12.0. The summed E-state index contributed by atoms with van der Waals surface area (Å²) in [5.74, 6) is -0.291.